The first-order valence-electron chi connectivity index (χ1n) is 12.8. The molecule has 0 aliphatic heterocycles. The van der Waals surface area contributed by atoms with Gasteiger partial charge in [-0.05, 0) is 0 Å². The molecule has 0 N–H and O–H groups in total. The summed E-state index contributed by atoms with van der Waals surface area (Å²) in [6.45, 7) is 13.5. The van der Waals surface area contributed by atoms with E-state index in [1.54, 1.807) is 6.08 Å². The molecule has 0 saturated carbocycles. The molecule has 0 atom stereocenters. The van der Waals surface area contributed by atoms with Crippen LogP contribution in [0.3, 0.4) is 0 Å². The average Bonchev–Trinajstić information content (AvgIpc) is 2.91. The van der Waals surface area contributed by atoms with Crippen LogP contribution in [0.2, 0.25) is 0 Å². The van der Waals surface area contributed by atoms with Gasteiger partial charge in [0.1, 0.15) is 0 Å². The summed E-state index contributed by atoms with van der Waals surface area (Å²) in [4.78, 5) is 10.9. The molecule has 0 aromatic carbocycles. The largest absolute Gasteiger partial charge is 0.469 e. The zero-order chi connectivity index (χ0) is 26.9. The number of esters is 1. The number of hydrogen-bond donors (Lipinski definition) is 0. The van der Waals surface area contributed by atoms with Crippen LogP contribution in [0.4, 0.5) is 0 Å². The number of rotatable bonds is 32. The molecule has 0 spiro atoms. The van der Waals surface area contributed by atoms with Gasteiger partial charge in [0.15, 0.2) is 0 Å². The van der Waals surface area contributed by atoms with Crippen LogP contribution >= 0.6 is 0 Å². The van der Waals surface area contributed by atoms with E-state index in [0.29, 0.717) is 132 Å². The molecule has 0 aliphatic carbocycles. The molecular weight excluding hydrogens is 492 g/mol. The highest BCUT2D eigenvalue weighted by molar-refractivity contribution is 5.69. The van der Waals surface area contributed by atoms with E-state index in [-0.39, 0.29) is 12.4 Å². The van der Waals surface area contributed by atoms with Crippen molar-refractivity contribution in [3.05, 3.63) is 12.7 Å². The van der Waals surface area contributed by atoms with Gasteiger partial charge in [0.05, 0.1) is 146 Å². The monoisotopic (exact) mass is 540 g/mol. The Kier molecular flexibility index (Phi) is 31.8. The van der Waals surface area contributed by atoms with Crippen molar-refractivity contribution in [3.63, 3.8) is 0 Å². The number of hydrogen-bond acceptors (Lipinski definition) is 12. The fraction of sp³-hybridized carbons (Fsp3) is 0.880. The van der Waals surface area contributed by atoms with Crippen molar-refractivity contribution in [2.45, 2.75) is 6.42 Å². The smallest absolute Gasteiger partial charge is 0.307 e. The Morgan fingerprint density at radius 2 is 0.703 bits per heavy atom. The summed E-state index contributed by atoms with van der Waals surface area (Å²) in [7, 11) is 1.35. The van der Waals surface area contributed by atoms with Crippen molar-refractivity contribution in [2.24, 2.45) is 0 Å². The zero-order valence-corrected chi connectivity index (χ0v) is 22.5. The van der Waals surface area contributed by atoms with E-state index in [2.05, 4.69) is 11.3 Å². The molecule has 220 valence electrons. The van der Waals surface area contributed by atoms with Crippen LogP contribution in [0.25, 0.3) is 0 Å². The van der Waals surface area contributed by atoms with Gasteiger partial charge in [-0.15, -0.1) is 6.58 Å². The predicted octanol–water partition coefficient (Wildman–Crippen LogP) is 0.902. The molecular formula is C25H48O12. The van der Waals surface area contributed by atoms with Crippen molar-refractivity contribution in [1.82, 2.24) is 0 Å². The number of carbonyl (C=O) groups excluding carboxylic acids is 1. The average molecular weight is 541 g/mol. The SMILES string of the molecule is C=CCOCCOCCOCCOCCOCCOCCOCCOCCOCCOCCC(=O)OC. The van der Waals surface area contributed by atoms with Gasteiger partial charge in [0.2, 0.25) is 0 Å². The van der Waals surface area contributed by atoms with Gasteiger partial charge in [0.25, 0.3) is 0 Å². The first-order chi connectivity index (χ1) is 18.3. The lowest BCUT2D eigenvalue weighted by atomic mass is 10.5. The second-order valence-electron chi connectivity index (χ2n) is 7.20. The van der Waals surface area contributed by atoms with E-state index < -0.39 is 0 Å². The molecule has 0 rings (SSSR count). The van der Waals surface area contributed by atoms with Crippen molar-refractivity contribution in [1.29, 1.82) is 0 Å². The molecule has 0 heterocycles. The fourth-order valence-electron chi connectivity index (χ4n) is 2.40. The maximum absolute atomic E-state index is 10.9. The molecule has 0 saturated heterocycles. The van der Waals surface area contributed by atoms with Crippen LogP contribution < -0.4 is 0 Å². The standard InChI is InChI=1S/C25H48O12/c1-3-5-28-7-9-30-11-13-32-15-17-34-19-21-36-23-24-37-22-20-35-18-16-33-14-12-31-10-8-29-6-4-25(26)27-2/h3H,1,4-24H2,2H3. The summed E-state index contributed by atoms with van der Waals surface area (Å²) in [5.41, 5.74) is 0. The maximum atomic E-state index is 10.9. The molecule has 0 fully saturated rings. The molecule has 0 bridgehead atoms. The molecule has 0 aromatic rings. The predicted molar refractivity (Wildman–Crippen MR) is 135 cm³/mol. The van der Waals surface area contributed by atoms with E-state index >= 15 is 0 Å². The zero-order valence-electron chi connectivity index (χ0n) is 22.5. The fourth-order valence-corrected chi connectivity index (χ4v) is 2.40. The summed E-state index contributed by atoms with van der Waals surface area (Å²) in [5.74, 6) is -0.284. The third-order valence-electron chi connectivity index (χ3n) is 4.26. The van der Waals surface area contributed by atoms with E-state index in [4.69, 9.17) is 47.4 Å². The third-order valence-corrected chi connectivity index (χ3v) is 4.26. The van der Waals surface area contributed by atoms with Gasteiger partial charge in [0, 0.05) is 0 Å². The van der Waals surface area contributed by atoms with Gasteiger partial charge in [-0.25, -0.2) is 0 Å². The Morgan fingerprint density at radius 1 is 0.459 bits per heavy atom. The van der Waals surface area contributed by atoms with E-state index in [9.17, 15) is 4.79 Å². The van der Waals surface area contributed by atoms with E-state index in [1.165, 1.54) is 7.11 Å². The van der Waals surface area contributed by atoms with Crippen LogP contribution in [-0.2, 0) is 56.9 Å². The topological polar surface area (TPSA) is 119 Å². The highest BCUT2D eigenvalue weighted by Gasteiger charge is 1.99. The Hall–Kier alpha value is -1.19. The molecule has 0 aliphatic rings. The molecule has 0 aromatic heterocycles. The van der Waals surface area contributed by atoms with Crippen LogP contribution in [-0.4, -0.2) is 145 Å². The van der Waals surface area contributed by atoms with Crippen molar-refractivity contribution in [3.8, 4) is 0 Å². The van der Waals surface area contributed by atoms with Crippen molar-refractivity contribution < 1.29 is 56.9 Å². The molecule has 37 heavy (non-hydrogen) atoms. The van der Waals surface area contributed by atoms with Crippen molar-refractivity contribution in [2.75, 3.05) is 139 Å². The Labute approximate surface area is 221 Å². The minimum absolute atomic E-state index is 0.247. The second-order valence-corrected chi connectivity index (χ2v) is 7.20. The lowest BCUT2D eigenvalue weighted by Crippen LogP contribution is -2.15. The maximum Gasteiger partial charge on any atom is 0.307 e. The molecule has 0 amide bonds. The minimum Gasteiger partial charge on any atom is -0.469 e. The molecule has 0 radical (unpaired) electrons. The molecule has 0 unspecified atom stereocenters. The third kappa shape index (κ3) is 32.8. The summed E-state index contributed by atoms with van der Waals surface area (Å²) in [5, 5.41) is 0. The van der Waals surface area contributed by atoms with Gasteiger partial charge >= 0.3 is 5.97 Å². The van der Waals surface area contributed by atoms with Gasteiger partial charge < -0.3 is 52.1 Å². The Bertz CT molecular complexity index is 467. The first-order valence-corrected chi connectivity index (χ1v) is 12.8. The lowest BCUT2D eigenvalue weighted by Gasteiger charge is -2.09. The molecule has 12 heteroatoms. The highest BCUT2D eigenvalue weighted by atomic mass is 16.6. The Morgan fingerprint density at radius 3 is 0.946 bits per heavy atom. The first kappa shape index (κ1) is 35.8. The normalized spacial score (nSPS) is 11.2. The summed E-state index contributed by atoms with van der Waals surface area (Å²) >= 11 is 0. The van der Waals surface area contributed by atoms with Gasteiger partial charge in [-0.1, -0.05) is 6.08 Å². The Balaban J connectivity index is 3.03. The quantitative estimate of drug-likeness (QED) is 0.0685. The van der Waals surface area contributed by atoms with Crippen LogP contribution in [0.1, 0.15) is 6.42 Å². The van der Waals surface area contributed by atoms with Crippen LogP contribution in [0.15, 0.2) is 12.7 Å². The van der Waals surface area contributed by atoms with Crippen molar-refractivity contribution >= 4 is 5.97 Å². The van der Waals surface area contributed by atoms with Crippen LogP contribution in [0.5, 0.6) is 0 Å². The number of ether oxygens (including phenoxy) is 11. The number of methoxy groups -OCH3 is 1. The van der Waals surface area contributed by atoms with Crippen LogP contribution in [0, 0.1) is 0 Å². The summed E-state index contributed by atoms with van der Waals surface area (Å²) < 4.78 is 58.2. The minimum atomic E-state index is -0.284. The highest BCUT2D eigenvalue weighted by Crippen LogP contribution is 1.88. The van der Waals surface area contributed by atoms with Gasteiger partial charge in [-0.3, -0.25) is 4.79 Å². The molecule has 12 nitrogen and oxygen atoms in total. The summed E-state index contributed by atoms with van der Waals surface area (Å²) in [6, 6.07) is 0. The van der Waals surface area contributed by atoms with E-state index in [0.717, 1.165) is 0 Å². The van der Waals surface area contributed by atoms with E-state index in [1.807, 2.05) is 0 Å². The number of carbonyl (C=O) groups is 1. The summed E-state index contributed by atoms with van der Waals surface area (Å²) in [6.07, 6.45) is 1.95. The lowest BCUT2D eigenvalue weighted by molar-refractivity contribution is -0.141. The second kappa shape index (κ2) is 32.8. The van der Waals surface area contributed by atoms with Gasteiger partial charge in [-0.2, -0.15) is 0 Å².